The molecule has 0 atom stereocenters. The lowest BCUT2D eigenvalue weighted by atomic mass is 10.0. The molecule has 4 heteroatoms. The quantitative estimate of drug-likeness (QED) is 0.437. The first-order valence-electron chi connectivity index (χ1n) is 12.0. The second-order valence-corrected chi connectivity index (χ2v) is 9.93. The number of hydrogen-bond acceptors (Lipinski definition) is 4. The molecular weight excluding hydrogens is 412 g/mol. The maximum atomic E-state index is 6.29. The third-order valence-corrected chi connectivity index (χ3v) is 7.58. The van der Waals surface area contributed by atoms with Crippen LogP contribution in [0.1, 0.15) is 56.1 Å². The van der Waals surface area contributed by atoms with Gasteiger partial charge in [0.15, 0.2) is 5.75 Å². The molecule has 3 nitrogen and oxygen atoms in total. The monoisotopic (exact) mass is 444 g/mol. The molecule has 0 saturated heterocycles. The van der Waals surface area contributed by atoms with Crippen LogP contribution < -0.4 is 4.74 Å². The minimum absolute atomic E-state index is 0.657. The molecule has 0 bridgehead atoms. The van der Waals surface area contributed by atoms with E-state index in [1.807, 2.05) is 24.0 Å². The smallest absolute Gasteiger partial charge is 0.152 e. The fourth-order valence-electron chi connectivity index (χ4n) is 4.76. The number of rotatable bonds is 6. The van der Waals surface area contributed by atoms with Gasteiger partial charge >= 0.3 is 0 Å². The largest absolute Gasteiger partial charge is 0.475 e. The first kappa shape index (κ1) is 21.5. The Kier molecular flexibility index (Phi) is 7.10. The van der Waals surface area contributed by atoms with E-state index >= 15 is 0 Å². The highest BCUT2D eigenvalue weighted by Gasteiger charge is 2.22. The zero-order chi connectivity index (χ0) is 21.6. The van der Waals surface area contributed by atoms with E-state index in [0.29, 0.717) is 6.73 Å². The van der Waals surface area contributed by atoms with E-state index in [4.69, 9.17) is 9.72 Å². The van der Waals surface area contributed by atoms with Crippen molar-refractivity contribution in [2.24, 2.45) is 0 Å². The molecule has 2 aliphatic carbocycles. The molecule has 1 aromatic carbocycles. The van der Waals surface area contributed by atoms with Crippen LogP contribution in [0, 0.1) is 0 Å². The molecule has 0 saturated carbocycles. The molecule has 3 aliphatic rings. The van der Waals surface area contributed by atoms with Crippen molar-refractivity contribution >= 4 is 22.7 Å². The molecule has 2 aromatic rings. The van der Waals surface area contributed by atoms with Gasteiger partial charge in [-0.25, -0.2) is 0 Å². The Morgan fingerprint density at radius 2 is 2.16 bits per heavy atom. The van der Waals surface area contributed by atoms with Gasteiger partial charge in [0.1, 0.15) is 12.2 Å². The lowest BCUT2D eigenvalue weighted by Gasteiger charge is -2.30. The molecular formula is C28H32N2OS. The van der Waals surface area contributed by atoms with Crippen LogP contribution >= 0.6 is 11.8 Å². The second-order valence-electron chi connectivity index (χ2n) is 8.89. The lowest BCUT2D eigenvalue weighted by Crippen LogP contribution is -2.33. The first-order valence-corrected chi connectivity index (χ1v) is 12.9. The Balaban J connectivity index is 1.33. The zero-order valence-corrected chi connectivity index (χ0v) is 19.6. The van der Waals surface area contributed by atoms with Crippen LogP contribution in [0.25, 0.3) is 10.9 Å². The Bertz CT molecular complexity index is 1080. The Hall–Kier alpha value is -2.30. The Labute approximate surface area is 195 Å². The number of allylic oxidation sites excluding steroid dienone is 6. The van der Waals surface area contributed by atoms with Crippen LogP contribution in [0.3, 0.4) is 0 Å². The van der Waals surface area contributed by atoms with Crippen LogP contribution in [-0.2, 0) is 12.3 Å². The topological polar surface area (TPSA) is 25.4 Å². The standard InChI is InChI=1S/C28H32N2OS/c1-2-6-11-22(10-5-1)15-17-30-19-23-18-24(20-32-25-12-7-3-4-8-13-25)26-14-9-16-29-27(26)28(23)31-21-30/h3,7-10,12-14,16,18H,1-2,4-6,11,15,17,19-21H2. The van der Waals surface area contributed by atoms with Crippen molar-refractivity contribution in [2.45, 2.75) is 57.2 Å². The number of hydrogen-bond donors (Lipinski definition) is 0. The van der Waals surface area contributed by atoms with Crippen LogP contribution in [0.15, 0.2) is 71.3 Å². The maximum Gasteiger partial charge on any atom is 0.152 e. The minimum atomic E-state index is 0.657. The molecule has 0 amide bonds. The number of aromatic nitrogens is 1. The van der Waals surface area contributed by atoms with Gasteiger partial charge in [-0.3, -0.25) is 9.88 Å². The van der Waals surface area contributed by atoms with Crippen molar-refractivity contribution in [1.29, 1.82) is 0 Å². The summed E-state index contributed by atoms with van der Waals surface area (Å²) in [6.45, 7) is 2.67. The molecule has 0 radical (unpaired) electrons. The first-order chi connectivity index (χ1) is 15.9. The van der Waals surface area contributed by atoms with E-state index in [-0.39, 0.29) is 0 Å². The van der Waals surface area contributed by atoms with Crippen LogP contribution in [0.4, 0.5) is 0 Å². The molecule has 0 unspecified atom stereocenters. The normalized spacial score (nSPS) is 19.0. The predicted molar refractivity (Wildman–Crippen MR) is 136 cm³/mol. The van der Waals surface area contributed by atoms with E-state index in [9.17, 15) is 0 Å². The Morgan fingerprint density at radius 3 is 3.16 bits per heavy atom. The van der Waals surface area contributed by atoms with Crippen molar-refractivity contribution < 1.29 is 4.74 Å². The van der Waals surface area contributed by atoms with Crippen molar-refractivity contribution in [3.63, 3.8) is 0 Å². The highest BCUT2D eigenvalue weighted by Crippen LogP contribution is 2.37. The van der Waals surface area contributed by atoms with Gasteiger partial charge in [-0.2, -0.15) is 0 Å². The fourth-order valence-corrected chi connectivity index (χ4v) is 5.69. The summed E-state index contributed by atoms with van der Waals surface area (Å²) in [6.07, 6.45) is 24.2. The predicted octanol–water partition coefficient (Wildman–Crippen LogP) is 7.30. The fraction of sp³-hybridized carbons (Fsp3) is 0.393. The molecule has 1 aromatic heterocycles. The summed E-state index contributed by atoms with van der Waals surface area (Å²) in [6, 6.07) is 6.58. The van der Waals surface area contributed by atoms with Gasteiger partial charge in [-0.15, -0.1) is 11.8 Å². The number of ether oxygens (including phenoxy) is 1. The third-order valence-electron chi connectivity index (χ3n) is 6.52. The maximum absolute atomic E-state index is 6.29. The molecule has 166 valence electrons. The van der Waals surface area contributed by atoms with Gasteiger partial charge in [0.05, 0.1) is 0 Å². The SMILES string of the molecule is C1=CCC=CC(SCc2cc3c(c4ncccc24)OCN(CCC2=CCCCCC2)C3)=C1. The highest BCUT2D eigenvalue weighted by atomic mass is 32.2. The van der Waals surface area contributed by atoms with Crippen molar-refractivity contribution in [1.82, 2.24) is 9.88 Å². The van der Waals surface area contributed by atoms with Gasteiger partial charge in [0, 0.05) is 40.9 Å². The molecule has 2 heterocycles. The molecule has 0 fully saturated rings. The number of benzene rings is 1. The van der Waals surface area contributed by atoms with E-state index in [2.05, 4.69) is 53.5 Å². The van der Waals surface area contributed by atoms with E-state index in [1.54, 1.807) is 5.57 Å². The second kappa shape index (κ2) is 10.5. The van der Waals surface area contributed by atoms with E-state index in [0.717, 1.165) is 36.5 Å². The minimum Gasteiger partial charge on any atom is -0.475 e. The molecule has 1 aliphatic heterocycles. The van der Waals surface area contributed by atoms with Crippen molar-refractivity contribution in [2.75, 3.05) is 13.3 Å². The molecule has 0 N–H and O–H groups in total. The van der Waals surface area contributed by atoms with Crippen LogP contribution in [-0.4, -0.2) is 23.2 Å². The van der Waals surface area contributed by atoms with Gasteiger partial charge in [0.25, 0.3) is 0 Å². The summed E-state index contributed by atoms with van der Waals surface area (Å²) in [5.41, 5.74) is 5.27. The van der Waals surface area contributed by atoms with Crippen LogP contribution in [0.5, 0.6) is 5.75 Å². The molecule has 5 rings (SSSR count). The number of nitrogens with zero attached hydrogens (tertiary/aromatic N) is 2. The van der Waals surface area contributed by atoms with Gasteiger partial charge in [0.2, 0.25) is 0 Å². The third kappa shape index (κ3) is 5.19. The van der Waals surface area contributed by atoms with Gasteiger partial charge in [-0.1, -0.05) is 48.4 Å². The van der Waals surface area contributed by atoms with Crippen molar-refractivity contribution in [3.8, 4) is 5.75 Å². The summed E-state index contributed by atoms with van der Waals surface area (Å²) < 4.78 is 6.29. The lowest BCUT2D eigenvalue weighted by molar-refractivity contribution is 0.0977. The average molecular weight is 445 g/mol. The number of pyridine rings is 1. The molecule has 32 heavy (non-hydrogen) atoms. The number of thioether (sulfide) groups is 1. The summed E-state index contributed by atoms with van der Waals surface area (Å²) >= 11 is 1.89. The zero-order valence-electron chi connectivity index (χ0n) is 18.8. The summed E-state index contributed by atoms with van der Waals surface area (Å²) in [4.78, 5) is 8.47. The summed E-state index contributed by atoms with van der Waals surface area (Å²) in [5.74, 6) is 1.92. The highest BCUT2D eigenvalue weighted by molar-refractivity contribution is 8.02. The van der Waals surface area contributed by atoms with Crippen LogP contribution in [0.2, 0.25) is 0 Å². The van der Waals surface area contributed by atoms with Gasteiger partial charge < -0.3 is 4.74 Å². The number of fused-ring (bicyclic) bond motifs is 3. The average Bonchev–Trinajstić information content (AvgIpc) is 3.26. The van der Waals surface area contributed by atoms with E-state index in [1.165, 1.54) is 59.9 Å². The van der Waals surface area contributed by atoms with Crippen molar-refractivity contribution in [3.05, 3.63) is 82.5 Å². The Morgan fingerprint density at radius 1 is 1.16 bits per heavy atom. The van der Waals surface area contributed by atoms with E-state index < -0.39 is 0 Å². The molecule has 0 spiro atoms. The van der Waals surface area contributed by atoms with Gasteiger partial charge in [-0.05, 0) is 62.3 Å². The summed E-state index contributed by atoms with van der Waals surface area (Å²) in [5, 5.41) is 1.21. The summed E-state index contributed by atoms with van der Waals surface area (Å²) in [7, 11) is 0.